The van der Waals surface area contributed by atoms with Gasteiger partial charge in [-0.1, -0.05) is 12.1 Å². The van der Waals surface area contributed by atoms with Gasteiger partial charge in [-0.2, -0.15) is 0 Å². The average Bonchev–Trinajstić information content (AvgIpc) is 2.46. The molecule has 1 aromatic carbocycles. The number of hydrogen-bond acceptors (Lipinski definition) is 5. The number of carbonyl (C=O) groups is 3. The number of phenolic OH excluding ortho intramolecular Hbond substituents is 1. The first-order chi connectivity index (χ1) is 9.92. The molecule has 0 radical (unpaired) electrons. The summed E-state index contributed by atoms with van der Waals surface area (Å²) in [7, 11) is 1.17. The molecular formula is C13H16N2O6. The highest BCUT2D eigenvalue weighted by Crippen LogP contribution is 2.11. The molecular weight excluding hydrogens is 280 g/mol. The van der Waals surface area contributed by atoms with Crippen LogP contribution in [0, 0.1) is 0 Å². The summed E-state index contributed by atoms with van der Waals surface area (Å²) in [6.45, 7) is -0.353. The zero-order valence-electron chi connectivity index (χ0n) is 11.3. The molecule has 1 aromatic rings. The zero-order chi connectivity index (χ0) is 15.8. The molecule has 0 spiro atoms. The number of carboxylic acids is 1. The van der Waals surface area contributed by atoms with Crippen LogP contribution in [-0.4, -0.2) is 47.9 Å². The van der Waals surface area contributed by atoms with Crippen molar-refractivity contribution in [1.29, 1.82) is 0 Å². The molecule has 0 aliphatic carbocycles. The fraction of sp³-hybridized carbons (Fsp3) is 0.308. The van der Waals surface area contributed by atoms with Gasteiger partial charge in [-0.15, -0.1) is 0 Å². The molecule has 0 saturated carbocycles. The second kappa shape index (κ2) is 7.73. The summed E-state index contributed by atoms with van der Waals surface area (Å²) in [6.07, 6.45) is 0.0429. The molecule has 0 bridgehead atoms. The number of benzene rings is 1. The van der Waals surface area contributed by atoms with Gasteiger partial charge in [-0.25, -0.2) is 9.59 Å². The van der Waals surface area contributed by atoms with E-state index in [1.54, 1.807) is 12.1 Å². The van der Waals surface area contributed by atoms with Gasteiger partial charge in [0.25, 0.3) is 0 Å². The lowest BCUT2D eigenvalue weighted by Crippen LogP contribution is -2.48. The van der Waals surface area contributed by atoms with Gasteiger partial charge in [-0.3, -0.25) is 4.79 Å². The number of amides is 2. The van der Waals surface area contributed by atoms with E-state index in [1.165, 1.54) is 19.2 Å². The second-order valence-electron chi connectivity index (χ2n) is 4.16. The molecule has 0 unspecified atom stereocenters. The van der Waals surface area contributed by atoms with Crippen molar-refractivity contribution in [1.82, 2.24) is 10.6 Å². The van der Waals surface area contributed by atoms with Gasteiger partial charge in [0, 0.05) is 6.42 Å². The normalized spacial score (nSPS) is 11.3. The van der Waals surface area contributed by atoms with Crippen molar-refractivity contribution in [2.45, 2.75) is 12.5 Å². The molecule has 0 fully saturated rings. The number of aliphatic carboxylic acids is 1. The number of methoxy groups -OCH3 is 1. The Labute approximate surface area is 120 Å². The highest BCUT2D eigenvalue weighted by molar-refractivity contribution is 5.85. The first-order valence-corrected chi connectivity index (χ1v) is 6.04. The molecule has 0 saturated heterocycles. The standard InChI is InChI=1S/C13H16N2O6/c1-21-11(17)7-14-13(20)15-10(12(18)19)6-8-2-4-9(16)5-3-8/h2-5,10,16H,6-7H2,1H3,(H,18,19)(H2,14,15,20)/t10-/m0/s1. The lowest BCUT2D eigenvalue weighted by molar-refractivity contribution is -0.139. The molecule has 2 amide bonds. The SMILES string of the molecule is COC(=O)CNC(=O)N[C@@H](Cc1ccc(O)cc1)C(=O)O. The van der Waals surface area contributed by atoms with Crippen molar-refractivity contribution >= 4 is 18.0 Å². The predicted octanol–water partition coefficient (Wildman–Crippen LogP) is -0.140. The molecule has 0 heterocycles. The molecule has 0 aliphatic heterocycles. The van der Waals surface area contributed by atoms with E-state index in [1.807, 2.05) is 0 Å². The highest BCUT2D eigenvalue weighted by atomic mass is 16.5. The van der Waals surface area contributed by atoms with Crippen LogP contribution in [0.1, 0.15) is 5.56 Å². The van der Waals surface area contributed by atoms with Crippen molar-refractivity contribution in [2.75, 3.05) is 13.7 Å². The van der Waals surface area contributed by atoms with E-state index in [4.69, 9.17) is 10.2 Å². The Balaban J connectivity index is 2.57. The first-order valence-electron chi connectivity index (χ1n) is 6.04. The summed E-state index contributed by atoms with van der Waals surface area (Å²) >= 11 is 0. The lowest BCUT2D eigenvalue weighted by Gasteiger charge is -2.15. The van der Waals surface area contributed by atoms with E-state index in [-0.39, 0.29) is 18.7 Å². The third kappa shape index (κ3) is 5.81. The van der Waals surface area contributed by atoms with Crippen LogP contribution in [0.25, 0.3) is 0 Å². The van der Waals surface area contributed by atoms with Crippen molar-refractivity contribution in [3.8, 4) is 5.75 Å². The fourth-order valence-corrected chi connectivity index (χ4v) is 1.50. The molecule has 114 valence electrons. The topological polar surface area (TPSA) is 125 Å². The van der Waals surface area contributed by atoms with Gasteiger partial charge in [0.15, 0.2) is 0 Å². The smallest absolute Gasteiger partial charge is 0.326 e. The van der Waals surface area contributed by atoms with Gasteiger partial charge in [-0.05, 0) is 17.7 Å². The second-order valence-corrected chi connectivity index (χ2v) is 4.16. The molecule has 8 heteroatoms. The zero-order valence-corrected chi connectivity index (χ0v) is 11.3. The van der Waals surface area contributed by atoms with E-state index in [2.05, 4.69) is 15.4 Å². The maximum atomic E-state index is 11.5. The number of carboxylic acid groups (broad SMARTS) is 1. The van der Waals surface area contributed by atoms with Crippen LogP contribution in [0.2, 0.25) is 0 Å². The number of carbonyl (C=O) groups excluding carboxylic acids is 2. The van der Waals surface area contributed by atoms with Crippen LogP contribution in [-0.2, 0) is 20.7 Å². The Morgan fingerprint density at radius 2 is 1.86 bits per heavy atom. The van der Waals surface area contributed by atoms with E-state index in [0.717, 1.165) is 0 Å². The predicted molar refractivity (Wildman–Crippen MR) is 71.8 cm³/mol. The monoisotopic (exact) mass is 296 g/mol. The number of esters is 1. The van der Waals surface area contributed by atoms with Crippen LogP contribution in [0.3, 0.4) is 0 Å². The Kier molecular flexibility index (Phi) is 5.99. The number of rotatable bonds is 6. The summed E-state index contributed by atoms with van der Waals surface area (Å²) in [5.74, 6) is -1.79. The van der Waals surface area contributed by atoms with E-state index < -0.39 is 24.0 Å². The average molecular weight is 296 g/mol. The Bertz CT molecular complexity index is 514. The van der Waals surface area contributed by atoms with Crippen LogP contribution in [0.15, 0.2) is 24.3 Å². The van der Waals surface area contributed by atoms with E-state index >= 15 is 0 Å². The maximum Gasteiger partial charge on any atom is 0.326 e. The molecule has 21 heavy (non-hydrogen) atoms. The first kappa shape index (κ1) is 16.3. The molecule has 1 rings (SSSR count). The quantitative estimate of drug-likeness (QED) is 0.541. The van der Waals surface area contributed by atoms with Crippen molar-refractivity contribution < 1.29 is 29.3 Å². The summed E-state index contributed by atoms with van der Waals surface area (Å²) in [6, 6.07) is 4.01. The number of aromatic hydroxyl groups is 1. The summed E-state index contributed by atoms with van der Waals surface area (Å²) in [4.78, 5) is 33.5. The van der Waals surface area contributed by atoms with Crippen LogP contribution >= 0.6 is 0 Å². The maximum absolute atomic E-state index is 11.5. The van der Waals surface area contributed by atoms with E-state index in [9.17, 15) is 14.4 Å². The van der Waals surface area contributed by atoms with Gasteiger partial charge < -0.3 is 25.6 Å². The number of urea groups is 1. The highest BCUT2D eigenvalue weighted by Gasteiger charge is 2.20. The molecule has 0 aliphatic rings. The van der Waals surface area contributed by atoms with Crippen LogP contribution in [0.4, 0.5) is 4.79 Å². The number of phenols is 1. The number of hydrogen-bond donors (Lipinski definition) is 4. The van der Waals surface area contributed by atoms with E-state index in [0.29, 0.717) is 5.56 Å². The summed E-state index contributed by atoms with van der Waals surface area (Å²) in [5, 5.41) is 22.7. The minimum atomic E-state index is -1.21. The van der Waals surface area contributed by atoms with Gasteiger partial charge >= 0.3 is 18.0 Å². The third-order valence-electron chi connectivity index (χ3n) is 2.60. The van der Waals surface area contributed by atoms with Gasteiger partial charge in [0.05, 0.1) is 7.11 Å². The summed E-state index contributed by atoms with van der Waals surface area (Å²) < 4.78 is 4.34. The molecule has 4 N–H and O–H groups in total. The molecule has 0 aromatic heterocycles. The Hall–Kier alpha value is -2.77. The van der Waals surface area contributed by atoms with Crippen LogP contribution < -0.4 is 10.6 Å². The fourth-order valence-electron chi connectivity index (χ4n) is 1.50. The Morgan fingerprint density at radius 1 is 1.24 bits per heavy atom. The molecule has 1 atom stereocenters. The minimum absolute atomic E-state index is 0.0429. The van der Waals surface area contributed by atoms with Crippen molar-refractivity contribution in [2.24, 2.45) is 0 Å². The van der Waals surface area contributed by atoms with Crippen molar-refractivity contribution in [3.05, 3.63) is 29.8 Å². The van der Waals surface area contributed by atoms with Gasteiger partial charge in [0.2, 0.25) is 0 Å². The van der Waals surface area contributed by atoms with Crippen molar-refractivity contribution in [3.63, 3.8) is 0 Å². The third-order valence-corrected chi connectivity index (χ3v) is 2.60. The molecule has 8 nitrogen and oxygen atoms in total. The largest absolute Gasteiger partial charge is 0.508 e. The Morgan fingerprint density at radius 3 is 2.38 bits per heavy atom. The number of nitrogens with one attached hydrogen (secondary N) is 2. The minimum Gasteiger partial charge on any atom is -0.508 e. The van der Waals surface area contributed by atoms with Crippen LogP contribution in [0.5, 0.6) is 5.75 Å². The van der Waals surface area contributed by atoms with Gasteiger partial charge in [0.1, 0.15) is 18.3 Å². The lowest BCUT2D eigenvalue weighted by atomic mass is 10.1. The summed E-state index contributed by atoms with van der Waals surface area (Å²) in [5.41, 5.74) is 0.633. The number of ether oxygens (including phenoxy) is 1.